The summed E-state index contributed by atoms with van der Waals surface area (Å²) in [6, 6.07) is 23.5. The first-order valence-corrected chi connectivity index (χ1v) is 21.3. The predicted octanol–water partition coefficient (Wildman–Crippen LogP) is 10.3. The first kappa shape index (κ1) is 51.1. The lowest BCUT2D eigenvalue weighted by atomic mass is 9.86. The molecule has 0 spiro atoms. The molecule has 0 radical (unpaired) electrons. The molecule has 0 aliphatic rings. The average molecular weight is 889 g/mol. The number of rotatable bonds is 16. The van der Waals surface area contributed by atoms with Gasteiger partial charge in [0.15, 0.2) is 23.1 Å². The number of hydrogen-bond donors (Lipinski definition) is 0. The third-order valence-corrected chi connectivity index (χ3v) is 10.3. The maximum Gasteiger partial charge on any atom is 0.338 e. The number of carbonyl (C=O) groups excluding carboxylic acids is 8. The summed E-state index contributed by atoms with van der Waals surface area (Å²) >= 11 is 0. The molecule has 0 fully saturated rings. The predicted molar refractivity (Wildman–Crippen MR) is 244 cm³/mol. The van der Waals surface area contributed by atoms with Gasteiger partial charge in [-0.3, -0.25) is 19.2 Å². The van der Waals surface area contributed by atoms with Gasteiger partial charge in [0.1, 0.15) is 31.8 Å². The highest BCUT2D eigenvalue weighted by Crippen LogP contribution is 2.28. The molecule has 4 aromatic carbocycles. The van der Waals surface area contributed by atoms with Crippen LogP contribution in [0.2, 0.25) is 0 Å². The number of ether oxygens (including phenoxy) is 4. The summed E-state index contributed by atoms with van der Waals surface area (Å²) in [4.78, 5) is 106. The number of Topliss-reactive ketones (excluding diaryl/α,β-unsaturated/α-hetero) is 4. The Hall–Kier alpha value is -6.56. The van der Waals surface area contributed by atoms with Crippen molar-refractivity contribution in [2.75, 3.05) is 26.4 Å². The number of carbonyl (C=O) groups is 8. The van der Waals surface area contributed by atoms with Gasteiger partial charge in [0, 0.05) is 43.9 Å². The molecule has 12 nitrogen and oxygen atoms in total. The van der Waals surface area contributed by atoms with Crippen LogP contribution in [0, 0.1) is 27.1 Å². The number of benzene rings is 4. The van der Waals surface area contributed by atoms with Crippen LogP contribution in [0.5, 0.6) is 0 Å². The standard InChI is InChI=1S/C53H60O12/c1-49(2,3)41(54)33-13-21-37(22-14-33)45(58)62-29-53(30-63-46(59)38-23-15-34(16-24-38)42(55)50(4,5)6,31-64-47(60)39-25-17-35(18-26-39)43(56)51(7,8)9)32-65-48(61)40-27-19-36(20-28-40)44(57)52(10,11)12/h13-28H,29-32H2,1-12H3. The van der Waals surface area contributed by atoms with Crippen molar-refractivity contribution >= 4 is 47.0 Å². The zero-order valence-electron chi connectivity index (χ0n) is 39.5. The van der Waals surface area contributed by atoms with Crippen molar-refractivity contribution in [2.45, 2.75) is 83.1 Å². The summed E-state index contributed by atoms with van der Waals surface area (Å²) < 4.78 is 23.1. The molecule has 0 amide bonds. The Morgan fingerprint density at radius 3 is 0.554 bits per heavy atom. The van der Waals surface area contributed by atoms with E-state index in [1.54, 1.807) is 83.1 Å². The minimum atomic E-state index is -1.73. The fourth-order valence-electron chi connectivity index (χ4n) is 6.22. The average Bonchev–Trinajstić information content (AvgIpc) is 3.26. The van der Waals surface area contributed by atoms with Crippen LogP contribution in [-0.4, -0.2) is 73.4 Å². The van der Waals surface area contributed by atoms with Crippen molar-refractivity contribution in [2.24, 2.45) is 27.1 Å². The van der Waals surface area contributed by atoms with Crippen LogP contribution in [0.1, 0.15) is 166 Å². The molecule has 0 N–H and O–H groups in total. The van der Waals surface area contributed by atoms with E-state index in [1.165, 1.54) is 97.1 Å². The molecule has 0 bridgehead atoms. The van der Waals surface area contributed by atoms with Crippen LogP contribution in [-0.2, 0) is 18.9 Å². The zero-order valence-corrected chi connectivity index (χ0v) is 39.5. The SMILES string of the molecule is CC(C)(C)C(=O)c1ccc(C(=O)OCC(COC(=O)c2ccc(C(=O)C(C)(C)C)cc2)(COC(=O)c2ccc(C(=O)C(C)(C)C)cc2)COC(=O)c2ccc(C(=O)C(C)(C)C)cc2)cc1. The Labute approximate surface area is 381 Å². The van der Waals surface area contributed by atoms with E-state index >= 15 is 0 Å². The van der Waals surface area contributed by atoms with Gasteiger partial charge in [-0.05, 0) is 48.5 Å². The van der Waals surface area contributed by atoms with E-state index in [2.05, 4.69) is 0 Å². The second kappa shape index (κ2) is 20.1. The third kappa shape index (κ3) is 13.7. The molecule has 344 valence electrons. The van der Waals surface area contributed by atoms with Gasteiger partial charge in [0.05, 0.1) is 22.3 Å². The topological polar surface area (TPSA) is 173 Å². The van der Waals surface area contributed by atoms with Gasteiger partial charge in [-0.1, -0.05) is 132 Å². The van der Waals surface area contributed by atoms with Gasteiger partial charge < -0.3 is 18.9 Å². The lowest BCUT2D eigenvalue weighted by Gasteiger charge is -2.31. The maximum absolute atomic E-state index is 13.6. The van der Waals surface area contributed by atoms with E-state index in [9.17, 15) is 38.4 Å². The Bertz CT molecular complexity index is 2060. The summed E-state index contributed by atoms with van der Waals surface area (Å²) in [6.45, 7) is 18.9. The van der Waals surface area contributed by atoms with Crippen LogP contribution >= 0.6 is 0 Å². The molecule has 12 heteroatoms. The van der Waals surface area contributed by atoms with E-state index in [4.69, 9.17) is 18.9 Å². The lowest BCUT2D eigenvalue weighted by molar-refractivity contribution is -0.0642. The molecule has 0 aromatic heterocycles. The van der Waals surface area contributed by atoms with Gasteiger partial charge in [0.2, 0.25) is 0 Å². The molecule has 4 rings (SSSR count). The Morgan fingerprint density at radius 1 is 0.277 bits per heavy atom. The van der Waals surface area contributed by atoms with E-state index in [0.29, 0.717) is 22.3 Å². The molecule has 0 saturated carbocycles. The van der Waals surface area contributed by atoms with Crippen LogP contribution in [0.25, 0.3) is 0 Å². The van der Waals surface area contributed by atoms with Crippen LogP contribution < -0.4 is 0 Å². The lowest BCUT2D eigenvalue weighted by Crippen LogP contribution is -2.44. The Kier molecular flexibility index (Phi) is 15.8. The highest BCUT2D eigenvalue weighted by molar-refractivity contribution is 6.03. The Balaban J connectivity index is 1.70. The Morgan fingerprint density at radius 2 is 0.415 bits per heavy atom. The first-order valence-electron chi connectivity index (χ1n) is 21.3. The molecule has 0 heterocycles. The fraction of sp³-hybridized carbons (Fsp3) is 0.396. The minimum Gasteiger partial charge on any atom is -0.461 e. The van der Waals surface area contributed by atoms with E-state index in [1.807, 2.05) is 0 Å². The largest absolute Gasteiger partial charge is 0.461 e. The third-order valence-electron chi connectivity index (χ3n) is 10.3. The quantitative estimate of drug-likeness (QED) is 0.0593. The highest BCUT2D eigenvalue weighted by atomic mass is 16.6. The number of esters is 4. The summed E-state index contributed by atoms with van der Waals surface area (Å²) in [7, 11) is 0. The van der Waals surface area contributed by atoms with Gasteiger partial charge >= 0.3 is 23.9 Å². The van der Waals surface area contributed by atoms with Crippen molar-refractivity contribution < 1.29 is 57.3 Å². The molecule has 0 unspecified atom stereocenters. The van der Waals surface area contributed by atoms with Gasteiger partial charge in [0.25, 0.3) is 0 Å². The van der Waals surface area contributed by atoms with E-state index < -0.39 is 77.4 Å². The minimum absolute atomic E-state index is 0.0787. The summed E-state index contributed by atoms with van der Waals surface area (Å²) in [6.07, 6.45) is 0. The number of ketones is 4. The van der Waals surface area contributed by atoms with Gasteiger partial charge in [-0.2, -0.15) is 0 Å². The van der Waals surface area contributed by atoms with Gasteiger partial charge in [-0.25, -0.2) is 19.2 Å². The monoisotopic (exact) mass is 888 g/mol. The van der Waals surface area contributed by atoms with Crippen LogP contribution in [0.4, 0.5) is 0 Å². The highest BCUT2D eigenvalue weighted by Gasteiger charge is 2.39. The molecule has 0 aliphatic heterocycles. The molecule has 0 saturated heterocycles. The molecule has 0 aliphatic carbocycles. The van der Waals surface area contributed by atoms with Crippen molar-refractivity contribution in [1.29, 1.82) is 0 Å². The zero-order chi connectivity index (χ0) is 48.7. The van der Waals surface area contributed by atoms with Gasteiger partial charge in [-0.15, -0.1) is 0 Å². The summed E-state index contributed by atoms with van der Waals surface area (Å²) in [5, 5.41) is 0. The molecule has 0 atom stereocenters. The molecular formula is C53H60O12. The molecule has 4 aromatic rings. The number of hydrogen-bond acceptors (Lipinski definition) is 12. The van der Waals surface area contributed by atoms with Crippen molar-refractivity contribution in [1.82, 2.24) is 0 Å². The maximum atomic E-state index is 13.6. The normalized spacial score (nSPS) is 12.1. The van der Waals surface area contributed by atoms with Crippen molar-refractivity contribution in [3.05, 3.63) is 142 Å². The van der Waals surface area contributed by atoms with E-state index in [0.717, 1.165) is 0 Å². The fourth-order valence-corrected chi connectivity index (χ4v) is 6.22. The molecule has 65 heavy (non-hydrogen) atoms. The summed E-state index contributed by atoms with van der Waals surface area (Å²) in [5.74, 6) is -3.91. The van der Waals surface area contributed by atoms with Crippen molar-refractivity contribution in [3.8, 4) is 0 Å². The van der Waals surface area contributed by atoms with E-state index in [-0.39, 0.29) is 45.4 Å². The summed E-state index contributed by atoms with van der Waals surface area (Å²) in [5.41, 5.74) is -2.55. The first-order chi connectivity index (χ1) is 30.0. The molecular weight excluding hydrogens is 829 g/mol. The van der Waals surface area contributed by atoms with Crippen LogP contribution in [0.15, 0.2) is 97.1 Å². The second-order valence-electron chi connectivity index (χ2n) is 20.4. The van der Waals surface area contributed by atoms with Crippen molar-refractivity contribution in [3.63, 3.8) is 0 Å². The second-order valence-corrected chi connectivity index (χ2v) is 20.4. The van der Waals surface area contributed by atoms with Crippen LogP contribution in [0.3, 0.4) is 0 Å². The smallest absolute Gasteiger partial charge is 0.338 e.